The van der Waals surface area contributed by atoms with Gasteiger partial charge >= 0.3 is 0 Å². The highest BCUT2D eigenvalue weighted by Gasteiger charge is 2.31. The van der Waals surface area contributed by atoms with Crippen molar-refractivity contribution in [1.82, 2.24) is 5.32 Å². The minimum absolute atomic E-state index is 0.175. The maximum Gasteiger partial charge on any atom is 0.244 e. The van der Waals surface area contributed by atoms with Crippen LogP contribution in [0.1, 0.15) is 25.8 Å². The Bertz CT molecular complexity index is 991. The van der Waals surface area contributed by atoms with Crippen LogP contribution in [0.25, 0.3) is 0 Å². The average molecular weight is 435 g/mol. The molecule has 0 bridgehead atoms. The average Bonchev–Trinajstić information content (AvgIpc) is 3.18. The highest BCUT2D eigenvalue weighted by atomic mass is 32.2. The number of ether oxygens (including phenoxy) is 3. The van der Waals surface area contributed by atoms with Gasteiger partial charge in [-0.2, -0.15) is 0 Å². The number of fused-ring (bicyclic) bond motifs is 1. The quantitative estimate of drug-likeness (QED) is 0.652. The van der Waals surface area contributed by atoms with Crippen molar-refractivity contribution in [3.8, 4) is 17.2 Å². The van der Waals surface area contributed by atoms with E-state index in [1.165, 1.54) is 0 Å². The van der Waals surface area contributed by atoms with Crippen molar-refractivity contribution in [2.45, 2.75) is 32.9 Å². The van der Waals surface area contributed by atoms with Crippen LogP contribution in [0.2, 0.25) is 0 Å². The van der Waals surface area contributed by atoms with E-state index >= 15 is 0 Å². The number of anilines is 1. The molecule has 8 nitrogen and oxygen atoms in total. The molecule has 2 aromatic carbocycles. The Morgan fingerprint density at radius 3 is 2.47 bits per heavy atom. The molecule has 1 aliphatic rings. The van der Waals surface area contributed by atoms with Crippen LogP contribution in [-0.2, 0) is 21.4 Å². The summed E-state index contributed by atoms with van der Waals surface area (Å²) in [4.78, 5) is 12.9. The smallest absolute Gasteiger partial charge is 0.244 e. The minimum Gasteiger partial charge on any atom is -0.494 e. The lowest BCUT2D eigenvalue weighted by molar-refractivity contribution is -0.122. The van der Waals surface area contributed by atoms with Gasteiger partial charge in [-0.25, -0.2) is 8.42 Å². The van der Waals surface area contributed by atoms with Gasteiger partial charge in [0.1, 0.15) is 11.8 Å². The van der Waals surface area contributed by atoms with E-state index in [1.807, 2.05) is 13.0 Å². The fourth-order valence-corrected chi connectivity index (χ4v) is 4.49. The van der Waals surface area contributed by atoms with Crippen LogP contribution in [0.5, 0.6) is 17.2 Å². The summed E-state index contributed by atoms with van der Waals surface area (Å²) in [6, 6.07) is 11.2. The van der Waals surface area contributed by atoms with Gasteiger partial charge in [0.05, 0.1) is 18.6 Å². The Hall–Kier alpha value is -2.94. The molecule has 3 rings (SSSR count). The van der Waals surface area contributed by atoms with Gasteiger partial charge in [-0.3, -0.25) is 9.10 Å². The van der Waals surface area contributed by atoms with E-state index in [4.69, 9.17) is 14.2 Å². The summed E-state index contributed by atoms with van der Waals surface area (Å²) in [5.41, 5.74) is 1.24. The van der Waals surface area contributed by atoms with Crippen LogP contribution in [0, 0.1) is 0 Å². The Balaban J connectivity index is 1.76. The summed E-state index contributed by atoms with van der Waals surface area (Å²) in [6.07, 6.45) is 1.41. The summed E-state index contributed by atoms with van der Waals surface area (Å²) >= 11 is 0. The molecule has 162 valence electrons. The monoisotopic (exact) mass is 434 g/mol. The van der Waals surface area contributed by atoms with Crippen molar-refractivity contribution in [3.63, 3.8) is 0 Å². The molecule has 1 heterocycles. The molecule has 1 aliphatic heterocycles. The predicted molar refractivity (Wildman–Crippen MR) is 113 cm³/mol. The summed E-state index contributed by atoms with van der Waals surface area (Å²) in [5.74, 6) is 1.54. The molecule has 30 heavy (non-hydrogen) atoms. The zero-order valence-corrected chi connectivity index (χ0v) is 18.1. The Labute approximate surface area is 176 Å². The van der Waals surface area contributed by atoms with Crippen LogP contribution in [0.15, 0.2) is 42.5 Å². The number of amides is 1. The van der Waals surface area contributed by atoms with Gasteiger partial charge in [-0.15, -0.1) is 0 Å². The molecule has 1 amide bonds. The third kappa shape index (κ3) is 4.96. The number of sulfonamides is 1. The molecule has 0 spiro atoms. The van der Waals surface area contributed by atoms with Crippen LogP contribution < -0.4 is 23.8 Å². The largest absolute Gasteiger partial charge is 0.494 e. The highest BCUT2D eigenvalue weighted by Crippen LogP contribution is 2.32. The van der Waals surface area contributed by atoms with Crippen LogP contribution >= 0.6 is 0 Å². The summed E-state index contributed by atoms with van der Waals surface area (Å²) in [7, 11) is -3.70. The molecule has 1 atom stereocenters. The van der Waals surface area contributed by atoms with Crippen LogP contribution in [0.3, 0.4) is 0 Å². The van der Waals surface area contributed by atoms with Gasteiger partial charge < -0.3 is 19.5 Å². The van der Waals surface area contributed by atoms with Crippen molar-refractivity contribution in [1.29, 1.82) is 0 Å². The zero-order valence-electron chi connectivity index (χ0n) is 17.3. The fraction of sp³-hybridized carbons (Fsp3) is 0.381. The number of hydrogen-bond acceptors (Lipinski definition) is 6. The molecule has 1 N–H and O–H groups in total. The number of nitrogens with zero attached hydrogens (tertiary/aromatic N) is 1. The second-order valence-corrected chi connectivity index (χ2v) is 8.67. The molecule has 0 aliphatic carbocycles. The molecule has 0 saturated carbocycles. The van der Waals surface area contributed by atoms with E-state index < -0.39 is 16.1 Å². The van der Waals surface area contributed by atoms with Crippen LogP contribution in [-0.4, -0.2) is 40.0 Å². The lowest BCUT2D eigenvalue weighted by Gasteiger charge is -2.30. The molecule has 0 radical (unpaired) electrons. The first-order valence-electron chi connectivity index (χ1n) is 9.72. The lowest BCUT2D eigenvalue weighted by Crippen LogP contribution is -2.49. The number of rotatable bonds is 9. The molecular formula is C21H26N2O6S. The van der Waals surface area contributed by atoms with Crippen molar-refractivity contribution in [2.75, 3.05) is 24.0 Å². The third-order valence-corrected chi connectivity index (χ3v) is 5.82. The summed E-state index contributed by atoms with van der Waals surface area (Å²) in [6.45, 7) is 4.57. The number of carbonyl (C=O) groups is 1. The van der Waals surface area contributed by atoms with E-state index in [0.29, 0.717) is 36.0 Å². The third-order valence-electron chi connectivity index (χ3n) is 4.64. The van der Waals surface area contributed by atoms with Gasteiger partial charge in [0.25, 0.3) is 0 Å². The molecule has 0 saturated heterocycles. The van der Waals surface area contributed by atoms with E-state index in [2.05, 4.69) is 5.32 Å². The first-order valence-corrected chi connectivity index (χ1v) is 11.6. The van der Waals surface area contributed by atoms with Crippen molar-refractivity contribution >= 4 is 21.6 Å². The molecule has 9 heteroatoms. The minimum atomic E-state index is -3.70. The van der Waals surface area contributed by atoms with Crippen molar-refractivity contribution < 1.29 is 27.4 Å². The fourth-order valence-electron chi connectivity index (χ4n) is 3.27. The Morgan fingerprint density at radius 1 is 1.13 bits per heavy atom. The maximum absolute atomic E-state index is 12.9. The van der Waals surface area contributed by atoms with Gasteiger partial charge in [-0.1, -0.05) is 13.0 Å². The summed E-state index contributed by atoms with van der Waals surface area (Å²) in [5, 5.41) is 2.83. The number of nitrogens with one attached hydrogen (secondary N) is 1. The first-order chi connectivity index (χ1) is 14.3. The Morgan fingerprint density at radius 2 is 1.83 bits per heavy atom. The van der Waals surface area contributed by atoms with Gasteiger partial charge in [-0.05, 0) is 55.3 Å². The topological polar surface area (TPSA) is 94.2 Å². The molecule has 1 unspecified atom stereocenters. The van der Waals surface area contributed by atoms with Crippen molar-refractivity contribution in [3.05, 3.63) is 48.0 Å². The van der Waals surface area contributed by atoms with Crippen molar-refractivity contribution in [2.24, 2.45) is 0 Å². The molecule has 2 aromatic rings. The summed E-state index contributed by atoms with van der Waals surface area (Å²) < 4.78 is 42.3. The second kappa shape index (κ2) is 9.25. The van der Waals surface area contributed by atoms with E-state index in [1.54, 1.807) is 43.3 Å². The first kappa shape index (κ1) is 21.8. The highest BCUT2D eigenvalue weighted by molar-refractivity contribution is 7.92. The van der Waals surface area contributed by atoms with Crippen LogP contribution in [0.4, 0.5) is 5.69 Å². The second-order valence-electron chi connectivity index (χ2n) is 6.82. The lowest BCUT2D eigenvalue weighted by atomic mass is 10.1. The van der Waals surface area contributed by atoms with Gasteiger partial charge in [0.15, 0.2) is 11.5 Å². The SMILES string of the molecule is CCOc1ccc(N(C(CC)C(=O)NCc2ccc3c(c2)OCO3)S(C)(=O)=O)cc1. The van der Waals surface area contributed by atoms with Gasteiger partial charge in [0.2, 0.25) is 22.7 Å². The standard InChI is InChI=1S/C21H26N2O6S/c1-4-18(21(24)22-13-15-6-11-19-20(12-15)29-14-28-19)23(30(3,25)26)16-7-9-17(10-8-16)27-5-2/h6-12,18H,4-5,13-14H2,1-3H3,(H,22,24). The predicted octanol–water partition coefficient (Wildman–Crippen LogP) is 2.68. The molecule has 0 aromatic heterocycles. The molecule has 0 fully saturated rings. The number of benzene rings is 2. The normalized spacial score (nSPS) is 13.6. The number of hydrogen-bond donors (Lipinski definition) is 1. The van der Waals surface area contributed by atoms with E-state index in [0.717, 1.165) is 16.1 Å². The maximum atomic E-state index is 12.9. The number of carbonyl (C=O) groups excluding carboxylic acids is 1. The Kier molecular flexibility index (Phi) is 6.71. The van der Waals surface area contributed by atoms with Gasteiger partial charge in [0, 0.05) is 6.54 Å². The van der Waals surface area contributed by atoms with E-state index in [9.17, 15) is 13.2 Å². The molecular weight excluding hydrogens is 408 g/mol. The zero-order chi connectivity index (χ0) is 21.7. The van der Waals surface area contributed by atoms with E-state index in [-0.39, 0.29) is 19.2 Å².